The van der Waals surface area contributed by atoms with Crippen molar-refractivity contribution in [1.29, 1.82) is 0 Å². The lowest BCUT2D eigenvalue weighted by Gasteiger charge is -2.24. The van der Waals surface area contributed by atoms with Crippen LogP contribution in [0.4, 0.5) is 5.69 Å². The van der Waals surface area contributed by atoms with E-state index in [1.54, 1.807) is 0 Å². The average Bonchev–Trinajstić information content (AvgIpc) is 2.81. The number of nitrogens with zero attached hydrogens (tertiary/aromatic N) is 1. The highest BCUT2D eigenvalue weighted by molar-refractivity contribution is 5.98. The van der Waals surface area contributed by atoms with Gasteiger partial charge in [0.1, 0.15) is 6.04 Å². The summed E-state index contributed by atoms with van der Waals surface area (Å²) in [6, 6.07) is 13.5. The molecule has 3 amide bonds. The molecule has 0 saturated carbocycles. The highest BCUT2D eigenvalue weighted by Crippen LogP contribution is 2.15. The molecule has 0 bridgehead atoms. The highest BCUT2D eigenvalue weighted by Gasteiger charge is 2.26. The first-order valence-electron chi connectivity index (χ1n) is 11.9. The van der Waals surface area contributed by atoms with Crippen LogP contribution in [0.5, 0.6) is 0 Å². The predicted molar refractivity (Wildman–Crippen MR) is 160 cm³/mol. The summed E-state index contributed by atoms with van der Waals surface area (Å²) in [4.78, 5) is 40.1. The molecule has 8 N–H and O–H groups in total. The van der Waals surface area contributed by atoms with Crippen LogP contribution in [0.15, 0.2) is 48.5 Å². The molecular weight excluding hydrogens is 551 g/mol. The standard InChI is InChI=1S/C26H38N6O3.3ClH/c1-18-14-19(2)16-21(15-18)30-26(35)23(9-8-20-6-4-3-5-7-20)31-25(34)22(29)17-24(33)32(12-10-27)13-11-28;;;/h3-7,14-16,22-23H,8-13,17,27-29H2,1-2H3,(H,30,35)(H,31,34);3*1H/t22-,23-;;;/m0.../s1. The van der Waals surface area contributed by atoms with E-state index in [4.69, 9.17) is 17.2 Å². The van der Waals surface area contributed by atoms with E-state index in [9.17, 15) is 14.4 Å². The molecule has 12 heteroatoms. The van der Waals surface area contributed by atoms with Crippen LogP contribution < -0.4 is 27.8 Å². The van der Waals surface area contributed by atoms with Gasteiger partial charge in [-0.25, -0.2) is 0 Å². The van der Waals surface area contributed by atoms with Crippen LogP contribution in [-0.2, 0) is 20.8 Å². The lowest BCUT2D eigenvalue weighted by atomic mass is 10.0. The van der Waals surface area contributed by atoms with Gasteiger partial charge in [0.15, 0.2) is 0 Å². The summed E-state index contributed by atoms with van der Waals surface area (Å²) in [6.07, 6.45) is 0.760. The second-order valence-corrected chi connectivity index (χ2v) is 8.72. The minimum absolute atomic E-state index is 0. The van der Waals surface area contributed by atoms with E-state index in [0.717, 1.165) is 16.7 Å². The van der Waals surface area contributed by atoms with Crippen molar-refractivity contribution in [2.24, 2.45) is 17.2 Å². The van der Waals surface area contributed by atoms with Crippen LogP contribution in [0.2, 0.25) is 0 Å². The molecule has 0 aliphatic carbocycles. The highest BCUT2D eigenvalue weighted by atomic mass is 35.5. The number of benzene rings is 2. The van der Waals surface area contributed by atoms with Crippen LogP contribution >= 0.6 is 37.2 Å². The number of nitrogens with one attached hydrogen (secondary N) is 2. The number of amides is 3. The lowest BCUT2D eigenvalue weighted by molar-refractivity contribution is -0.134. The Morgan fingerprint density at radius 2 is 1.42 bits per heavy atom. The number of anilines is 1. The number of hydrogen-bond donors (Lipinski definition) is 5. The topological polar surface area (TPSA) is 157 Å². The molecule has 2 aromatic carbocycles. The van der Waals surface area contributed by atoms with E-state index in [1.165, 1.54) is 4.90 Å². The number of hydrogen-bond acceptors (Lipinski definition) is 6. The van der Waals surface area contributed by atoms with Gasteiger partial charge in [0.05, 0.1) is 12.5 Å². The van der Waals surface area contributed by atoms with Gasteiger partial charge in [-0.15, -0.1) is 37.2 Å². The maximum absolute atomic E-state index is 13.1. The average molecular weight is 592 g/mol. The molecule has 2 atom stereocenters. The molecule has 214 valence electrons. The molecule has 0 spiro atoms. The van der Waals surface area contributed by atoms with Crippen molar-refractivity contribution in [2.45, 2.75) is 45.2 Å². The number of carbonyl (C=O) groups is 3. The maximum Gasteiger partial charge on any atom is 0.246 e. The Bertz CT molecular complexity index is 971. The number of nitrogens with two attached hydrogens (primary N) is 3. The second kappa shape index (κ2) is 19.6. The number of rotatable bonds is 13. The molecule has 38 heavy (non-hydrogen) atoms. The van der Waals surface area contributed by atoms with Crippen LogP contribution in [0, 0.1) is 13.8 Å². The Kier molecular flexibility index (Phi) is 19.5. The molecule has 0 radical (unpaired) electrons. The van der Waals surface area contributed by atoms with Gasteiger partial charge in [0.2, 0.25) is 17.7 Å². The van der Waals surface area contributed by atoms with E-state index in [0.29, 0.717) is 31.6 Å². The number of carbonyl (C=O) groups excluding carboxylic acids is 3. The van der Waals surface area contributed by atoms with Gasteiger partial charge in [0.25, 0.3) is 0 Å². The SMILES string of the molecule is Cc1cc(C)cc(NC(=O)[C@H](CCc2ccccc2)NC(=O)[C@@H](N)CC(=O)N(CCN)CCN)c1.Cl.Cl.Cl. The van der Waals surface area contributed by atoms with Crippen molar-refractivity contribution in [1.82, 2.24) is 10.2 Å². The molecular formula is C26H41Cl3N6O3. The minimum Gasteiger partial charge on any atom is -0.343 e. The molecule has 0 saturated heterocycles. The Balaban J connectivity index is 0. The largest absolute Gasteiger partial charge is 0.343 e. The number of aryl methyl sites for hydroxylation is 3. The first-order chi connectivity index (χ1) is 16.7. The summed E-state index contributed by atoms with van der Waals surface area (Å²) in [6.45, 7) is 5.14. The quantitative estimate of drug-likeness (QED) is 0.240. The third-order valence-electron chi connectivity index (χ3n) is 5.57. The van der Waals surface area contributed by atoms with Gasteiger partial charge in [-0.1, -0.05) is 36.4 Å². The van der Waals surface area contributed by atoms with E-state index < -0.39 is 18.0 Å². The van der Waals surface area contributed by atoms with Crippen molar-refractivity contribution in [3.05, 3.63) is 65.2 Å². The molecule has 0 aliphatic rings. The normalized spacial score (nSPS) is 11.5. The van der Waals surface area contributed by atoms with Crippen molar-refractivity contribution < 1.29 is 14.4 Å². The Morgan fingerprint density at radius 3 is 1.95 bits per heavy atom. The fraction of sp³-hybridized carbons (Fsp3) is 0.423. The molecule has 2 rings (SSSR count). The van der Waals surface area contributed by atoms with E-state index >= 15 is 0 Å². The zero-order valence-corrected chi connectivity index (χ0v) is 24.3. The maximum atomic E-state index is 13.1. The van der Waals surface area contributed by atoms with Crippen LogP contribution in [-0.4, -0.2) is 60.9 Å². The molecule has 2 aromatic rings. The monoisotopic (exact) mass is 590 g/mol. The summed E-state index contributed by atoms with van der Waals surface area (Å²) < 4.78 is 0. The van der Waals surface area contributed by atoms with Crippen LogP contribution in [0.25, 0.3) is 0 Å². The zero-order chi connectivity index (χ0) is 25.8. The van der Waals surface area contributed by atoms with Gasteiger partial charge < -0.3 is 32.7 Å². The molecule has 0 aliphatic heterocycles. The Labute approximate surface area is 243 Å². The summed E-state index contributed by atoms with van der Waals surface area (Å²) >= 11 is 0. The fourth-order valence-electron chi connectivity index (χ4n) is 3.86. The molecule has 0 aromatic heterocycles. The molecule has 0 fully saturated rings. The summed E-state index contributed by atoms with van der Waals surface area (Å²) in [7, 11) is 0. The van der Waals surface area contributed by atoms with Gasteiger partial charge in [-0.2, -0.15) is 0 Å². The van der Waals surface area contributed by atoms with Gasteiger partial charge in [0, 0.05) is 31.9 Å². The van der Waals surface area contributed by atoms with E-state index in [2.05, 4.69) is 10.6 Å². The summed E-state index contributed by atoms with van der Waals surface area (Å²) in [5.41, 5.74) is 20.9. The van der Waals surface area contributed by atoms with Crippen LogP contribution in [0.3, 0.4) is 0 Å². The summed E-state index contributed by atoms with van der Waals surface area (Å²) in [5.74, 6) is -1.21. The van der Waals surface area contributed by atoms with Crippen LogP contribution in [0.1, 0.15) is 29.5 Å². The number of halogens is 3. The third-order valence-corrected chi connectivity index (χ3v) is 5.57. The zero-order valence-electron chi connectivity index (χ0n) is 21.9. The summed E-state index contributed by atoms with van der Waals surface area (Å²) in [5, 5.41) is 5.65. The van der Waals surface area contributed by atoms with Gasteiger partial charge >= 0.3 is 0 Å². The molecule has 9 nitrogen and oxygen atoms in total. The minimum atomic E-state index is -1.10. The smallest absolute Gasteiger partial charge is 0.246 e. The van der Waals surface area contributed by atoms with Crippen molar-refractivity contribution in [2.75, 3.05) is 31.5 Å². The van der Waals surface area contributed by atoms with Crippen molar-refractivity contribution >= 4 is 60.6 Å². The van der Waals surface area contributed by atoms with Gasteiger partial charge in [-0.3, -0.25) is 14.4 Å². The fourth-order valence-corrected chi connectivity index (χ4v) is 3.86. The Hall–Kier alpha value is -2.40. The van der Waals surface area contributed by atoms with E-state index in [1.807, 2.05) is 62.4 Å². The first kappa shape index (κ1) is 37.8. The molecule has 0 heterocycles. The predicted octanol–water partition coefficient (Wildman–Crippen LogP) is 2.09. The van der Waals surface area contributed by atoms with Crippen molar-refractivity contribution in [3.63, 3.8) is 0 Å². The third kappa shape index (κ3) is 12.9. The van der Waals surface area contributed by atoms with E-state index in [-0.39, 0.29) is 68.5 Å². The molecule has 0 unspecified atom stereocenters. The van der Waals surface area contributed by atoms with Gasteiger partial charge in [-0.05, 0) is 55.5 Å². The first-order valence-corrected chi connectivity index (χ1v) is 11.9. The second-order valence-electron chi connectivity index (χ2n) is 8.72. The lowest BCUT2D eigenvalue weighted by Crippen LogP contribution is -2.52. The van der Waals surface area contributed by atoms with Crippen molar-refractivity contribution in [3.8, 4) is 0 Å². The Morgan fingerprint density at radius 1 is 0.868 bits per heavy atom.